The zero-order valence-electron chi connectivity index (χ0n) is 10.9. The topological polar surface area (TPSA) is 55.6 Å². The lowest BCUT2D eigenvalue weighted by Crippen LogP contribution is -2.57. The van der Waals surface area contributed by atoms with Crippen LogP contribution >= 0.6 is 0 Å². The molecule has 2 N–H and O–H groups in total. The first kappa shape index (κ1) is 13.1. The summed E-state index contributed by atoms with van der Waals surface area (Å²) in [5.74, 6) is -0.0375. The number of carbonyl (C=O) groups excluding carboxylic acids is 1. The SMILES string of the molecule is CC1COCCN1C(=O)C(C)(N)c1ccccc1. The van der Waals surface area contributed by atoms with Gasteiger partial charge in [-0.25, -0.2) is 0 Å². The number of nitrogens with two attached hydrogens (primary N) is 1. The number of hydrogen-bond donors (Lipinski definition) is 1. The standard InChI is InChI=1S/C14H20N2O2/c1-11-10-18-9-8-16(11)13(17)14(2,15)12-6-4-3-5-7-12/h3-7,11H,8-10,15H2,1-2H3. The molecule has 1 saturated heterocycles. The van der Waals surface area contributed by atoms with Crippen LogP contribution in [0.5, 0.6) is 0 Å². The summed E-state index contributed by atoms with van der Waals surface area (Å²) in [7, 11) is 0. The van der Waals surface area contributed by atoms with Gasteiger partial charge in [0.05, 0.1) is 19.3 Å². The monoisotopic (exact) mass is 248 g/mol. The van der Waals surface area contributed by atoms with E-state index in [1.165, 1.54) is 0 Å². The maximum Gasteiger partial charge on any atom is 0.247 e. The summed E-state index contributed by atoms with van der Waals surface area (Å²) in [6.45, 7) is 5.53. The highest BCUT2D eigenvalue weighted by Crippen LogP contribution is 2.22. The molecule has 1 aliphatic rings. The molecule has 4 heteroatoms. The molecule has 1 aromatic carbocycles. The third-order valence-electron chi connectivity index (χ3n) is 3.45. The quantitative estimate of drug-likeness (QED) is 0.853. The fourth-order valence-corrected chi connectivity index (χ4v) is 2.24. The van der Waals surface area contributed by atoms with Crippen molar-refractivity contribution in [1.29, 1.82) is 0 Å². The van der Waals surface area contributed by atoms with Crippen molar-refractivity contribution in [2.24, 2.45) is 5.73 Å². The van der Waals surface area contributed by atoms with Crippen molar-refractivity contribution in [2.75, 3.05) is 19.8 Å². The highest BCUT2D eigenvalue weighted by Gasteiger charge is 2.37. The third kappa shape index (κ3) is 2.40. The molecule has 1 heterocycles. The van der Waals surface area contributed by atoms with Crippen molar-refractivity contribution in [3.05, 3.63) is 35.9 Å². The van der Waals surface area contributed by atoms with E-state index >= 15 is 0 Å². The highest BCUT2D eigenvalue weighted by molar-refractivity contribution is 5.87. The van der Waals surface area contributed by atoms with E-state index in [2.05, 4.69) is 0 Å². The van der Waals surface area contributed by atoms with E-state index in [9.17, 15) is 4.79 Å². The van der Waals surface area contributed by atoms with Gasteiger partial charge in [-0.05, 0) is 19.4 Å². The van der Waals surface area contributed by atoms with Crippen molar-refractivity contribution in [3.8, 4) is 0 Å². The second-order valence-electron chi connectivity index (χ2n) is 4.99. The average molecular weight is 248 g/mol. The van der Waals surface area contributed by atoms with Crippen LogP contribution in [0.15, 0.2) is 30.3 Å². The number of hydrogen-bond acceptors (Lipinski definition) is 3. The predicted molar refractivity (Wildman–Crippen MR) is 70.0 cm³/mol. The maximum atomic E-state index is 12.6. The number of nitrogens with zero attached hydrogens (tertiary/aromatic N) is 1. The maximum absolute atomic E-state index is 12.6. The van der Waals surface area contributed by atoms with Crippen molar-refractivity contribution < 1.29 is 9.53 Å². The number of morpholine rings is 1. The Bertz CT molecular complexity index is 417. The second kappa shape index (κ2) is 5.08. The molecule has 18 heavy (non-hydrogen) atoms. The molecule has 1 aliphatic heterocycles. The lowest BCUT2D eigenvalue weighted by atomic mass is 9.91. The Morgan fingerprint density at radius 3 is 2.72 bits per heavy atom. The van der Waals surface area contributed by atoms with E-state index in [1.54, 1.807) is 6.92 Å². The molecule has 0 bridgehead atoms. The third-order valence-corrected chi connectivity index (χ3v) is 3.45. The molecule has 0 spiro atoms. The van der Waals surface area contributed by atoms with Gasteiger partial charge in [0, 0.05) is 6.54 Å². The molecule has 1 fully saturated rings. The molecule has 2 atom stereocenters. The molecule has 98 valence electrons. The lowest BCUT2D eigenvalue weighted by molar-refractivity contribution is -0.144. The van der Waals surface area contributed by atoms with E-state index in [-0.39, 0.29) is 11.9 Å². The molecular formula is C14H20N2O2. The molecule has 0 aromatic heterocycles. The van der Waals surface area contributed by atoms with Gasteiger partial charge >= 0.3 is 0 Å². The Morgan fingerprint density at radius 2 is 2.11 bits per heavy atom. The van der Waals surface area contributed by atoms with Crippen LogP contribution in [0.4, 0.5) is 0 Å². The predicted octanol–water partition coefficient (Wildman–Crippen LogP) is 1.11. The summed E-state index contributed by atoms with van der Waals surface area (Å²) < 4.78 is 5.35. The summed E-state index contributed by atoms with van der Waals surface area (Å²) in [5.41, 5.74) is 6.10. The summed E-state index contributed by atoms with van der Waals surface area (Å²) >= 11 is 0. The van der Waals surface area contributed by atoms with E-state index in [1.807, 2.05) is 42.2 Å². The summed E-state index contributed by atoms with van der Waals surface area (Å²) in [4.78, 5) is 14.4. The van der Waals surface area contributed by atoms with Gasteiger partial charge < -0.3 is 15.4 Å². The molecule has 0 radical (unpaired) electrons. The van der Waals surface area contributed by atoms with Gasteiger partial charge in [-0.2, -0.15) is 0 Å². The van der Waals surface area contributed by atoms with Crippen LogP contribution < -0.4 is 5.73 Å². The minimum atomic E-state index is -0.979. The lowest BCUT2D eigenvalue weighted by Gasteiger charge is -2.38. The van der Waals surface area contributed by atoms with Crippen LogP contribution in [0.2, 0.25) is 0 Å². The van der Waals surface area contributed by atoms with E-state index in [0.29, 0.717) is 19.8 Å². The van der Waals surface area contributed by atoms with Crippen LogP contribution in [-0.2, 0) is 15.1 Å². The van der Waals surface area contributed by atoms with Crippen molar-refractivity contribution in [2.45, 2.75) is 25.4 Å². The molecule has 0 saturated carbocycles. The van der Waals surface area contributed by atoms with Crippen LogP contribution in [0, 0.1) is 0 Å². The fraction of sp³-hybridized carbons (Fsp3) is 0.500. The first-order valence-electron chi connectivity index (χ1n) is 6.26. The smallest absolute Gasteiger partial charge is 0.247 e. The van der Waals surface area contributed by atoms with Crippen LogP contribution in [-0.4, -0.2) is 36.6 Å². The van der Waals surface area contributed by atoms with Crippen molar-refractivity contribution in [3.63, 3.8) is 0 Å². The van der Waals surface area contributed by atoms with Crippen LogP contribution in [0.25, 0.3) is 0 Å². The Labute approximate surface area is 108 Å². The summed E-state index contributed by atoms with van der Waals surface area (Å²) in [6.07, 6.45) is 0. The van der Waals surface area contributed by atoms with Gasteiger partial charge in [-0.3, -0.25) is 4.79 Å². The minimum Gasteiger partial charge on any atom is -0.377 e. The second-order valence-corrected chi connectivity index (χ2v) is 4.99. The van der Waals surface area contributed by atoms with Gasteiger partial charge in [0.1, 0.15) is 5.54 Å². The molecule has 4 nitrogen and oxygen atoms in total. The van der Waals surface area contributed by atoms with Gasteiger partial charge in [0.15, 0.2) is 0 Å². The van der Waals surface area contributed by atoms with Crippen LogP contribution in [0.1, 0.15) is 19.4 Å². The Balaban J connectivity index is 2.21. The Morgan fingerprint density at radius 1 is 1.44 bits per heavy atom. The van der Waals surface area contributed by atoms with Gasteiger partial charge in [-0.15, -0.1) is 0 Å². The highest BCUT2D eigenvalue weighted by atomic mass is 16.5. The van der Waals surface area contributed by atoms with E-state index < -0.39 is 5.54 Å². The first-order valence-corrected chi connectivity index (χ1v) is 6.26. The Hall–Kier alpha value is -1.39. The van der Waals surface area contributed by atoms with Crippen LogP contribution in [0.3, 0.4) is 0 Å². The number of amides is 1. The van der Waals surface area contributed by atoms with Gasteiger partial charge in [-0.1, -0.05) is 30.3 Å². The molecule has 2 unspecified atom stereocenters. The number of ether oxygens (including phenoxy) is 1. The van der Waals surface area contributed by atoms with E-state index in [4.69, 9.17) is 10.5 Å². The fourth-order valence-electron chi connectivity index (χ4n) is 2.24. The summed E-state index contributed by atoms with van der Waals surface area (Å²) in [5, 5.41) is 0. The average Bonchev–Trinajstić information content (AvgIpc) is 2.39. The molecule has 0 aliphatic carbocycles. The largest absolute Gasteiger partial charge is 0.377 e. The minimum absolute atomic E-state index is 0.0375. The number of benzene rings is 1. The number of rotatable bonds is 2. The zero-order chi connectivity index (χ0) is 13.2. The van der Waals surface area contributed by atoms with Crippen molar-refractivity contribution >= 4 is 5.91 Å². The number of carbonyl (C=O) groups is 1. The molecule has 2 rings (SSSR count). The van der Waals surface area contributed by atoms with E-state index in [0.717, 1.165) is 5.56 Å². The normalized spacial score (nSPS) is 23.5. The Kier molecular flexibility index (Phi) is 3.68. The molecular weight excluding hydrogens is 228 g/mol. The molecule has 1 aromatic rings. The van der Waals surface area contributed by atoms with Gasteiger partial charge in [0.25, 0.3) is 0 Å². The zero-order valence-corrected chi connectivity index (χ0v) is 10.9. The van der Waals surface area contributed by atoms with Gasteiger partial charge in [0.2, 0.25) is 5.91 Å². The van der Waals surface area contributed by atoms with Crippen molar-refractivity contribution in [1.82, 2.24) is 4.90 Å². The molecule has 1 amide bonds. The first-order chi connectivity index (χ1) is 8.53. The summed E-state index contributed by atoms with van der Waals surface area (Å²) in [6, 6.07) is 9.58.